The maximum Gasteiger partial charge on any atom is 0.270 e. The lowest BCUT2D eigenvalue weighted by molar-refractivity contribution is -0.116. The number of carbonyl (C=O) groups excluding carboxylic acids is 1. The van der Waals surface area contributed by atoms with Gasteiger partial charge in [0, 0.05) is 5.56 Å². The maximum absolute atomic E-state index is 12.1. The van der Waals surface area contributed by atoms with Gasteiger partial charge in [0.25, 0.3) is 5.91 Å². The molecule has 18 heavy (non-hydrogen) atoms. The van der Waals surface area contributed by atoms with Gasteiger partial charge < -0.3 is 5.32 Å². The minimum Gasteiger partial charge on any atom is -0.346 e. The lowest BCUT2D eigenvalue weighted by Crippen LogP contribution is -2.51. The number of rotatable bonds is 1. The van der Waals surface area contributed by atoms with Gasteiger partial charge in [0.15, 0.2) is 0 Å². The van der Waals surface area contributed by atoms with E-state index < -0.39 is 0 Å². The monoisotopic (exact) mass is 242 g/mol. The van der Waals surface area contributed by atoms with Crippen molar-refractivity contribution in [2.24, 2.45) is 4.99 Å². The Bertz CT molecular complexity index is 490. The third-order valence-electron chi connectivity index (χ3n) is 3.88. The molecule has 1 aromatic carbocycles. The van der Waals surface area contributed by atoms with Crippen molar-refractivity contribution >= 4 is 11.6 Å². The summed E-state index contributed by atoms with van der Waals surface area (Å²) in [4.78, 5) is 16.8. The Kier molecular flexibility index (Phi) is 2.90. The van der Waals surface area contributed by atoms with Gasteiger partial charge in [-0.25, -0.2) is 0 Å². The zero-order valence-corrected chi connectivity index (χ0v) is 10.6. The molecule has 2 aliphatic rings. The van der Waals surface area contributed by atoms with E-state index in [0.29, 0.717) is 5.71 Å². The molecule has 0 aromatic heterocycles. The SMILES string of the molecule is Cc1ccc(C2=N[C@@H]3CCCC[C@H]3NC2=O)cc1. The number of nitrogens with one attached hydrogen (secondary N) is 1. The van der Waals surface area contributed by atoms with Gasteiger partial charge in [-0.05, 0) is 19.8 Å². The Balaban J connectivity index is 1.93. The van der Waals surface area contributed by atoms with Gasteiger partial charge in [-0.1, -0.05) is 42.7 Å². The molecule has 0 bridgehead atoms. The molecule has 1 aliphatic heterocycles. The molecule has 3 rings (SSSR count). The molecule has 3 heteroatoms. The zero-order valence-electron chi connectivity index (χ0n) is 10.6. The van der Waals surface area contributed by atoms with E-state index >= 15 is 0 Å². The average molecular weight is 242 g/mol. The van der Waals surface area contributed by atoms with E-state index in [0.717, 1.165) is 18.4 Å². The molecule has 0 radical (unpaired) electrons. The quantitative estimate of drug-likeness (QED) is 0.806. The van der Waals surface area contributed by atoms with Crippen molar-refractivity contribution in [3.63, 3.8) is 0 Å². The largest absolute Gasteiger partial charge is 0.346 e. The standard InChI is InChI=1S/C15H18N2O/c1-10-6-8-11(9-7-10)14-15(18)17-13-5-3-2-4-12(13)16-14/h6-9,12-13H,2-5H2,1H3,(H,17,18)/t12-,13-/m1/s1. The van der Waals surface area contributed by atoms with Crippen LogP contribution in [0.2, 0.25) is 0 Å². The molecule has 1 amide bonds. The molecule has 3 nitrogen and oxygen atoms in total. The molecule has 1 fully saturated rings. The number of nitrogens with zero attached hydrogens (tertiary/aromatic N) is 1. The Hall–Kier alpha value is -1.64. The van der Waals surface area contributed by atoms with E-state index in [9.17, 15) is 4.79 Å². The molecule has 0 spiro atoms. The molecular weight excluding hydrogens is 224 g/mol. The second kappa shape index (κ2) is 4.56. The van der Waals surface area contributed by atoms with Crippen LogP contribution >= 0.6 is 0 Å². The Morgan fingerprint density at radius 3 is 2.67 bits per heavy atom. The lowest BCUT2D eigenvalue weighted by Gasteiger charge is -2.33. The normalized spacial score (nSPS) is 27.2. The Morgan fingerprint density at radius 2 is 1.89 bits per heavy atom. The van der Waals surface area contributed by atoms with Crippen LogP contribution in [0, 0.1) is 6.92 Å². The number of fused-ring (bicyclic) bond motifs is 1. The summed E-state index contributed by atoms with van der Waals surface area (Å²) in [5.74, 6) is -0.0120. The van der Waals surface area contributed by atoms with Crippen LogP contribution < -0.4 is 5.32 Å². The van der Waals surface area contributed by atoms with Crippen molar-refractivity contribution in [3.05, 3.63) is 35.4 Å². The molecule has 0 saturated heterocycles. The molecule has 1 saturated carbocycles. The summed E-state index contributed by atoms with van der Waals surface area (Å²) in [7, 11) is 0. The Labute approximate surface area is 107 Å². The van der Waals surface area contributed by atoms with Gasteiger partial charge in [0.2, 0.25) is 0 Å². The zero-order chi connectivity index (χ0) is 12.5. The molecular formula is C15H18N2O. The van der Waals surface area contributed by atoms with Crippen LogP contribution in [0.5, 0.6) is 0 Å². The molecule has 1 aliphatic carbocycles. The predicted molar refractivity (Wildman–Crippen MR) is 71.9 cm³/mol. The fraction of sp³-hybridized carbons (Fsp3) is 0.467. The fourth-order valence-corrected chi connectivity index (χ4v) is 2.81. The van der Waals surface area contributed by atoms with E-state index in [1.807, 2.05) is 31.2 Å². The first kappa shape index (κ1) is 11.5. The number of aliphatic imine (C=N–C) groups is 1. The van der Waals surface area contributed by atoms with E-state index in [-0.39, 0.29) is 18.0 Å². The average Bonchev–Trinajstić information content (AvgIpc) is 2.39. The molecule has 0 unspecified atom stereocenters. The van der Waals surface area contributed by atoms with Crippen LogP contribution in [-0.2, 0) is 4.79 Å². The number of hydrogen-bond acceptors (Lipinski definition) is 2. The van der Waals surface area contributed by atoms with Crippen LogP contribution in [0.4, 0.5) is 0 Å². The third kappa shape index (κ3) is 2.05. The second-order valence-electron chi connectivity index (χ2n) is 5.28. The van der Waals surface area contributed by atoms with Crippen LogP contribution in [0.1, 0.15) is 36.8 Å². The maximum atomic E-state index is 12.1. The summed E-state index contributed by atoms with van der Waals surface area (Å²) >= 11 is 0. The smallest absolute Gasteiger partial charge is 0.270 e. The van der Waals surface area contributed by atoms with Gasteiger partial charge in [0.1, 0.15) is 5.71 Å². The van der Waals surface area contributed by atoms with Gasteiger partial charge >= 0.3 is 0 Å². The van der Waals surface area contributed by atoms with Crippen LogP contribution in [0.3, 0.4) is 0 Å². The van der Waals surface area contributed by atoms with E-state index in [1.54, 1.807) is 0 Å². The second-order valence-corrected chi connectivity index (χ2v) is 5.28. The highest BCUT2D eigenvalue weighted by atomic mass is 16.2. The summed E-state index contributed by atoms with van der Waals surface area (Å²) < 4.78 is 0. The van der Waals surface area contributed by atoms with Gasteiger partial charge in [0.05, 0.1) is 12.1 Å². The van der Waals surface area contributed by atoms with E-state index in [1.165, 1.54) is 18.4 Å². The van der Waals surface area contributed by atoms with E-state index in [2.05, 4.69) is 10.3 Å². The minimum atomic E-state index is -0.0120. The first-order valence-corrected chi connectivity index (χ1v) is 6.70. The summed E-state index contributed by atoms with van der Waals surface area (Å²) in [6.45, 7) is 2.05. The van der Waals surface area contributed by atoms with Crippen LogP contribution in [0.25, 0.3) is 0 Å². The highest BCUT2D eigenvalue weighted by molar-refractivity contribution is 6.45. The highest BCUT2D eigenvalue weighted by Gasteiger charge is 2.32. The topological polar surface area (TPSA) is 41.5 Å². The van der Waals surface area contributed by atoms with Crippen molar-refractivity contribution < 1.29 is 4.79 Å². The van der Waals surface area contributed by atoms with Crippen molar-refractivity contribution in [3.8, 4) is 0 Å². The molecule has 1 heterocycles. The number of aryl methyl sites for hydroxylation is 1. The van der Waals surface area contributed by atoms with E-state index in [4.69, 9.17) is 0 Å². The fourth-order valence-electron chi connectivity index (χ4n) is 2.81. The lowest BCUT2D eigenvalue weighted by atomic mass is 9.88. The van der Waals surface area contributed by atoms with Crippen molar-refractivity contribution in [1.82, 2.24) is 5.32 Å². The molecule has 94 valence electrons. The summed E-state index contributed by atoms with van der Waals surface area (Å²) in [6, 6.07) is 8.57. The Morgan fingerprint density at radius 1 is 1.17 bits per heavy atom. The summed E-state index contributed by atoms with van der Waals surface area (Å²) in [6.07, 6.45) is 4.60. The van der Waals surface area contributed by atoms with Crippen molar-refractivity contribution in [2.45, 2.75) is 44.7 Å². The highest BCUT2D eigenvalue weighted by Crippen LogP contribution is 2.24. The minimum absolute atomic E-state index is 0.0120. The van der Waals surface area contributed by atoms with Crippen molar-refractivity contribution in [2.75, 3.05) is 0 Å². The van der Waals surface area contributed by atoms with Gasteiger partial charge in [-0.15, -0.1) is 0 Å². The summed E-state index contributed by atoms with van der Waals surface area (Å²) in [5.41, 5.74) is 2.74. The molecule has 2 atom stereocenters. The molecule has 1 N–H and O–H groups in total. The number of carbonyl (C=O) groups is 1. The van der Waals surface area contributed by atoms with Gasteiger partial charge in [-0.3, -0.25) is 9.79 Å². The number of hydrogen-bond donors (Lipinski definition) is 1. The van der Waals surface area contributed by atoms with Crippen molar-refractivity contribution in [1.29, 1.82) is 0 Å². The predicted octanol–water partition coefficient (Wildman–Crippen LogP) is 2.23. The number of benzene rings is 1. The first-order valence-electron chi connectivity index (χ1n) is 6.70. The van der Waals surface area contributed by atoms with Gasteiger partial charge in [-0.2, -0.15) is 0 Å². The number of amides is 1. The molecule has 1 aromatic rings. The van der Waals surface area contributed by atoms with Crippen LogP contribution in [0.15, 0.2) is 29.3 Å². The summed E-state index contributed by atoms with van der Waals surface area (Å²) in [5, 5.41) is 3.11. The first-order chi connectivity index (χ1) is 8.74. The van der Waals surface area contributed by atoms with Crippen LogP contribution in [-0.4, -0.2) is 23.7 Å². The third-order valence-corrected chi connectivity index (χ3v) is 3.88.